The molecular weight excluding hydrogens is 898 g/mol. The number of phosphoric ester groups is 2. The van der Waals surface area contributed by atoms with Gasteiger partial charge in [0.05, 0.1) is 12.7 Å². The van der Waals surface area contributed by atoms with Gasteiger partial charge in [-0.25, -0.2) is 9.13 Å². The number of unbranched alkanes of at least 4 members (excludes halogenated alkanes) is 9. The Labute approximate surface area is 391 Å². The molecule has 0 radical (unpaired) electrons. The lowest BCUT2D eigenvalue weighted by Gasteiger charge is -2.43. The van der Waals surface area contributed by atoms with Crippen molar-refractivity contribution in [3.63, 3.8) is 0 Å². The number of carbonyl (C=O) groups is 2. The van der Waals surface area contributed by atoms with Crippen LogP contribution in [-0.2, 0) is 41.8 Å². The highest BCUT2D eigenvalue weighted by molar-refractivity contribution is 7.47. The fourth-order valence-corrected chi connectivity index (χ4v) is 7.87. The number of ether oxygens (including phenoxy) is 2. The molecule has 19 heteroatoms. The molecule has 0 aromatic rings. The molecule has 0 bridgehead atoms. The van der Waals surface area contributed by atoms with Crippen molar-refractivity contribution in [1.82, 2.24) is 0 Å². The summed E-state index contributed by atoms with van der Waals surface area (Å²) in [7, 11) is -10.7. The molecule has 378 valence electrons. The summed E-state index contributed by atoms with van der Waals surface area (Å²) in [4.78, 5) is 54.2. The summed E-state index contributed by atoms with van der Waals surface area (Å²) in [5, 5.41) is 50.7. The van der Waals surface area contributed by atoms with Crippen molar-refractivity contribution in [2.45, 2.75) is 185 Å². The van der Waals surface area contributed by atoms with Gasteiger partial charge >= 0.3 is 27.6 Å². The fourth-order valence-electron chi connectivity index (χ4n) is 6.34. The summed E-state index contributed by atoms with van der Waals surface area (Å²) in [6, 6.07) is 0. The SMILES string of the molecule is CCCCC/C=C\C/C=C\CCCCCCCC(=O)O[C@H](COC(=O)CCC/C=C\C/C=C\C/C=C\C/C=C\C=C\[C@@H](O)CC)COP(=O)(O)O[C@H]1C(O)C(O)C(O)[C@@H](OP(=O)(O)O)C1O. The van der Waals surface area contributed by atoms with E-state index in [1.165, 1.54) is 19.3 Å². The molecule has 0 heterocycles. The highest BCUT2D eigenvalue weighted by atomic mass is 31.2. The number of hydrogen-bond donors (Lipinski definition) is 8. The summed E-state index contributed by atoms with van der Waals surface area (Å²) in [6.07, 6.45) is 27.8. The van der Waals surface area contributed by atoms with E-state index >= 15 is 0 Å². The first-order valence-electron chi connectivity index (χ1n) is 23.2. The maximum Gasteiger partial charge on any atom is 0.472 e. The van der Waals surface area contributed by atoms with Crippen LogP contribution in [0.25, 0.3) is 0 Å². The number of phosphoric acid groups is 2. The van der Waals surface area contributed by atoms with E-state index < -0.39 is 89.6 Å². The molecule has 8 N–H and O–H groups in total. The molecule has 0 aliphatic heterocycles. The van der Waals surface area contributed by atoms with Crippen LogP contribution in [0.4, 0.5) is 0 Å². The number of allylic oxidation sites excluding steroid dienone is 13. The van der Waals surface area contributed by atoms with E-state index in [0.717, 1.165) is 57.8 Å². The lowest BCUT2D eigenvalue weighted by Crippen LogP contribution is -2.64. The Bertz CT molecular complexity index is 1620. The van der Waals surface area contributed by atoms with Gasteiger partial charge in [0, 0.05) is 12.8 Å². The highest BCUT2D eigenvalue weighted by Gasteiger charge is 2.54. The van der Waals surface area contributed by atoms with Gasteiger partial charge in [-0.3, -0.25) is 23.2 Å². The fraction of sp³-hybridized carbons (Fsp3) is 0.660. The van der Waals surface area contributed by atoms with E-state index in [0.29, 0.717) is 32.1 Å². The number of aliphatic hydroxyl groups excluding tert-OH is 5. The Morgan fingerprint density at radius 3 is 1.64 bits per heavy atom. The molecule has 0 saturated heterocycles. The van der Waals surface area contributed by atoms with Gasteiger partial charge in [-0.1, -0.05) is 131 Å². The molecule has 0 spiro atoms. The van der Waals surface area contributed by atoms with Gasteiger partial charge in [0.2, 0.25) is 0 Å². The van der Waals surface area contributed by atoms with Crippen LogP contribution in [-0.4, -0.2) is 114 Å². The van der Waals surface area contributed by atoms with Crippen molar-refractivity contribution in [1.29, 1.82) is 0 Å². The number of carbonyl (C=O) groups excluding carboxylic acids is 2. The Morgan fingerprint density at radius 1 is 0.561 bits per heavy atom. The largest absolute Gasteiger partial charge is 0.472 e. The average Bonchev–Trinajstić information content (AvgIpc) is 3.27. The van der Waals surface area contributed by atoms with Crippen molar-refractivity contribution in [2.24, 2.45) is 0 Å². The van der Waals surface area contributed by atoms with Crippen LogP contribution >= 0.6 is 15.6 Å². The first kappa shape index (κ1) is 61.2. The average molecular weight is 977 g/mol. The molecule has 1 aliphatic carbocycles. The normalized spacial score (nSPS) is 22.8. The van der Waals surface area contributed by atoms with E-state index in [4.69, 9.17) is 28.3 Å². The summed E-state index contributed by atoms with van der Waals surface area (Å²) in [5.74, 6) is -1.32. The summed E-state index contributed by atoms with van der Waals surface area (Å²) < 4.78 is 49.2. The summed E-state index contributed by atoms with van der Waals surface area (Å²) in [6.45, 7) is 2.67. The molecule has 9 atom stereocenters. The molecule has 0 amide bonds. The van der Waals surface area contributed by atoms with Crippen LogP contribution in [0.1, 0.15) is 136 Å². The van der Waals surface area contributed by atoms with Gasteiger partial charge in [-0.15, -0.1) is 0 Å². The van der Waals surface area contributed by atoms with Gasteiger partial charge in [-0.05, 0) is 77.0 Å². The first-order chi connectivity index (χ1) is 31.5. The summed E-state index contributed by atoms with van der Waals surface area (Å²) in [5.41, 5.74) is 0. The van der Waals surface area contributed by atoms with Crippen LogP contribution in [0.2, 0.25) is 0 Å². The van der Waals surface area contributed by atoms with Crippen LogP contribution in [0.3, 0.4) is 0 Å². The van der Waals surface area contributed by atoms with E-state index in [1.54, 1.807) is 6.08 Å². The molecule has 17 nitrogen and oxygen atoms in total. The number of aliphatic hydroxyl groups is 5. The van der Waals surface area contributed by atoms with Gasteiger partial charge in [0.1, 0.15) is 43.2 Å². The topological polar surface area (TPSA) is 276 Å². The lowest BCUT2D eigenvalue weighted by atomic mass is 9.85. The molecule has 5 unspecified atom stereocenters. The van der Waals surface area contributed by atoms with Gasteiger partial charge < -0.3 is 49.7 Å². The van der Waals surface area contributed by atoms with Crippen LogP contribution in [0, 0.1) is 0 Å². The zero-order valence-electron chi connectivity index (χ0n) is 38.7. The lowest BCUT2D eigenvalue weighted by molar-refractivity contribution is -0.216. The molecule has 0 aromatic heterocycles. The third kappa shape index (κ3) is 31.2. The Hall–Kier alpha value is -2.86. The van der Waals surface area contributed by atoms with Gasteiger partial charge in [-0.2, -0.15) is 0 Å². The van der Waals surface area contributed by atoms with Gasteiger partial charge in [0.25, 0.3) is 0 Å². The molecular formula is C47H78O17P2. The van der Waals surface area contributed by atoms with Crippen LogP contribution in [0.5, 0.6) is 0 Å². The smallest absolute Gasteiger partial charge is 0.462 e. The third-order valence-corrected chi connectivity index (χ3v) is 11.6. The zero-order chi connectivity index (χ0) is 49.1. The maximum atomic E-state index is 13.0. The van der Waals surface area contributed by atoms with Crippen molar-refractivity contribution in [3.8, 4) is 0 Å². The minimum Gasteiger partial charge on any atom is -0.462 e. The quantitative estimate of drug-likeness (QED) is 0.00979. The molecule has 1 aliphatic rings. The van der Waals surface area contributed by atoms with Crippen molar-refractivity contribution in [3.05, 3.63) is 85.1 Å². The monoisotopic (exact) mass is 976 g/mol. The Morgan fingerprint density at radius 2 is 1.06 bits per heavy atom. The maximum absolute atomic E-state index is 13.0. The van der Waals surface area contributed by atoms with Crippen molar-refractivity contribution < 1.29 is 82.0 Å². The second-order valence-corrected chi connectivity index (χ2v) is 18.5. The summed E-state index contributed by atoms with van der Waals surface area (Å²) >= 11 is 0. The van der Waals surface area contributed by atoms with E-state index in [9.17, 15) is 49.1 Å². The Kier molecular flexibility index (Phi) is 34.4. The highest BCUT2D eigenvalue weighted by Crippen LogP contribution is 2.49. The molecule has 0 aromatic carbocycles. The minimum atomic E-state index is -5.38. The number of esters is 2. The second kappa shape index (κ2) is 37.1. The molecule has 1 fully saturated rings. The van der Waals surface area contributed by atoms with Crippen molar-refractivity contribution in [2.75, 3.05) is 13.2 Å². The molecule has 1 saturated carbocycles. The standard InChI is InChI=1S/C47H78O17P2/c1-3-5-6-7-8-9-10-11-12-17-20-23-26-29-32-35-41(50)62-39(37-61-66(58,59)64-47-44(53)42(51)43(52)46(45(47)54)63-65(55,56)57)36-60-40(49)34-31-28-25-22-19-16-14-13-15-18-21-24-27-30-33-38(48)4-2/h8-9,11-12,14-16,18,22,24-25,27,30,33,38-39,42-48,51-54H,3-7,10,13,17,19-21,23,26,28-29,31-32,34-37H2,1-2H3,(H,58,59)(H2,55,56,57)/b9-8-,12-11-,16-14-,18-15-,25-22-,27-24-,33-30+/t38-,39+,42?,43?,44?,45?,46+,47-/m0/s1. The predicted octanol–water partition coefficient (Wildman–Crippen LogP) is 7.58. The van der Waals surface area contributed by atoms with E-state index in [-0.39, 0.29) is 12.8 Å². The Balaban J connectivity index is 2.66. The zero-order valence-corrected chi connectivity index (χ0v) is 40.5. The third-order valence-electron chi connectivity index (χ3n) is 10.1. The number of hydrogen-bond acceptors (Lipinski definition) is 14. The van der Waals surface area contributed by atoms with Crippen molar-refractivity contribution >= 4 is 27.6 Å². The van der Waals surface area contributed by atoms with E-state index in [1.807, 2.05) is 49.5 Å². The molecule has 1 rings (SSSR count). The van der Waals surface area contributed by atoms with Gasteiger partial charge in [0.15, 0.2) is 6.10 Å². The van der Waals surface area contributed by atoms with E-state index in [2.05, 4.69) is 47.9 Å². The van der Waals surface area contributed by atoms with Crippen LogP contribution < -0.4 is 0 Å². The minimum absolute atomic E-state index is 0.00394. The molecule has 66 heavy (non-hydrogen) atoms. The second-order valence-electron chi connectivity index (χ2n) is 15.9. The number of rotatable bonds is 37. The predicted molar refractivity (Wildman–Crippen MR) is 251 cm³/mol. The van der Waals surface area contributed by atoms with Crippen LogP contribution in [0.15, 0.2) is 85.1 Å². The first-order valence-corrected chi connectivity index (χ1v) is 26.3.